The summed E-state index contributed by atoms with van der Waals surface area (Å²) in [6, 6.07) is 0. The summed E-state index contributed by atoms with van der Waals surface area (Å²) in [5.41, 5.74) is 2.48. The zero-order valence-corrected chi connectivity index (χ0v) is 9.87. The molecule has 0 aliphatic carbocycles. The summed E-state index contributed by atoms with van der Waals surface area (Å²) in [5.74, 6) is 0. The maximum Gasteiger partial charge on any atom is 0.0419 e. The second kappa shape index (κ2) is 9.20. The zero-order chi connectivity index (χ0) is 11.5. The molecule has 0 bridgehead atoms. The highest BCUT2D eigenvalue weighted by Crippen LogP contribution is 2.02. The van der Waals surface area contributed by atoms with E-state index in [2.05, 4.69) is 44.1 Å². The molecule has 0 spiro atoms. The van der Waals surface area contributed by atoms with E-state index in [0.717, 1.165) is 19.4 Å². The van der Waals surface area contributed by atoms with Crippen molar-refractivity contribution in [1.82, 2.24) is 0 Å². The van der Waals surface area contributed by atoms with Gasteiger partial charge < -0.3 is 0 Å². The van der Waals surface area contributed by atoms with Crippen molar-refractivity contribution in [2.45, 2.75) is 26.7 Å². The van der Waals surface area contributed by atoms with Gasteiger partial charge in [-0.15, -0.1) is 6.58 Å². The van der Waals surface area contributed by atoms with Crippen molar-refractivity contribution in [3.8, 4) is 0 Å². The van der Waals surface area contributed by atoms with E-state index in [4.69, 9.17) is 0 Å². The van der Waals surface area contributed by atoms with Gasteiger partial charge in [-0.1, -0.05) is 36.5 Å². The maximum absolute atomic E-state index is 4.27. The first-order valence-electron chi connectivity index (χ1n) is 5.26. The highest BCUT2D eigenvalue weighted by molar-refractivity contribution is 5.62. The molecule has 0 heterocycles. The lowest BCUT2D eigenvalue weighted by Crippen LogP contribution is -1.83. The lowest BCUT2D eigenvalue weighted by molar-refractivity contribution is 1.01. The molecule has 0 radical (unpaired) electrons. The van der Waals surface area contributed by atoms with Gasteiger partial charge >= 0.3 is 0 Å². The molecule has 0 aromatic rings. The molecule has 0 rings (SSSR count). The Morgan fingerprint density at radius 1 is 1.20 bits per heavy atom. The van der Waals surface area contributed by atoms with Gasteiger partial charge in [0.25, 0.3) is 0 Å². The van der Waals surface area contributed by atoms with Gasteiger partial charge in [-0.05, 0) is 25.8 Å². The average molecular weight is 203 g/mol. The highest BCUT2D eigenvalue weighted by Gasteiger charge is 1.86. The van der Waals surface area contributed by atoms with E-state index in [-0.39, 0.29) is 0 Å². The number of hydrogen-bond donors (Lipinski definition) is 0. The van der Waals surface area contributed by atoms with Gasteiger partial charge in [0.05, 0.1) is 0 Å². The van der Waals surface area contributed by atoms with Gasteiger partial charge in [0.2, 0.25) is 0 Å². The van der Waals surface area contributed by atoms with E-state index in [1.54, 1.807) is 0 Å². The van der Waals surface area contributed by atoms with Crippen molar-refractivity contribution in [1.29, 1.82) is 0 Å². The van der Waals surface area contributed by atoms with Crippen LogP contribution in [0.3, 0.4) is 0 Å². The maximum atomic E-state index is 4.27. The van der Waals surface area contributed by atoms with Crippen LogP contribution in [0.1, 0.15) is 26.7 Å². The number of aliphatic imine (C=N–C) groups is 1. The molecule has 0 aromatic heterocycles. The summed E-state index contributed by atoms with van der Waals surface area (Å²) in [7, 11) is 0. The number of nitrogens with zero attached hydrogens (tertiary/aromatic N) is 1. The Morgan fingerprint density at radius 2 is 1.93 bits per heavy atom. The molecule has 0 unspecified atom stereocenters. The third-order valence-corrected chi connectivity index (χ3v) is 1.81. The standard InChI is InChI=1S/C14H21N/c1-5-7-11-15-12-10-14(6-2)9-8-13(3)4/h5-6,8-9,12H,1-2,7,10-11H2,3-4H3/b14-9+,15-12-. The highest BCUT2D eigenvalue weighted by atomic mass is 14.7. The van der Waals surface area contributed by atoms with Crippen LogP contribution in [0.25, 0.3) is 0 Å². The molecule has 0 aliphatic rings. The molecule has 1 heteroatoms. The first kappa shape index (κ1) is 13.6. The van der Waals surface area contributed by atoms with Crippen LogP contribution >= 0.6 is 0 Å². The van der Waals surface area contributed by atoms with Crippen LogP contribution in [0.15, 0.2) is 53.6 Å². The van der Waals surface area contributed by atoms with Gasteiger partial charge in [0, 0.05) is 19.2 Å². The van der Waals surface area contributed by atoms with E-state index in [1.807, 2.05) is 18.4 Å². The lowest BCUT2D eigenvalue weighted by atomic mass is 10.1. The first-order chi connectivity index (χ1) is 7.20. The quantitative estimate of drug-likeness (QED) is 0.256. The summed E-state index contributed by atoms with van der Waals surface area (Å²) in [6.45, 7) is 12.4. The molecule has 0 N–H and O–H groups in total. The zero-order valence-electron chi connectivity index (χ0n) is 9.87. The molecule has 82 valence electrons. The molecular weight excluding hydrogens is 182 g/mol. The molecule has 0 aromatic carbocycles. The van der Waals surface area contributed by atoms with Gasteiger partial charge in [0.1, 0.15) is 0 Å². The van der Waals surface area contributed by atoms with Crippen LogP contribution in [0.5, 0.6) is 0 Å². The van der Waals surface area contributed by atoms with E-state index >= 15 is 0 Å². The summed E-state index contributed by atoms with van der Waals surface area (Å²) >= 11 is 0. The molecule has 0 aliphatic heterocycles. The number of hydrogen-bond acceptors (Lipinski definition) is 1. The van der Waals surface area contributed by atoms with Gasteiger partial charge in [-0.3, -0.25) is 4.99 Å². The minimum Gasteiger partial charge on any atom is -0.297 e. The van der Waals surface area contributed by atoms with Crippen molar-refractivity contribution in [2.75, 3.05) is 6.54 Å². The van der Waals surface area contributed by atoms with E-state index in [9.17, 15) is 0 Å². The second-order valence-corrected chi connectivity index (χ2v) is 3.56. The minimum atomic E-state index is 0.830. The molecule has 0 amide bonds. The summed E-state index contributed by atoms with van der Waals surface area (Å²) in [5, 5.41) is 0. The fourth-order valence-electron chi connectivity index (χ4n) is 0.920. The van der Waals surface area contributed by atoms with Crippen molar-refractivity contribution in [2.24, 2.45) is 4.99 Å². The molecule has 0 atom stereocenters. The molecule has 1 nitrogen and oxygen atoms in total. The normalized spacial score (nSPS) is 11.5. The second-order valence-electron chi connectivity index (χ2n) is 3.56. The van der Waals surface area contributed by atoms with Gasteiger partial charge in [0.15, 0.2) is 0 Å². The molecule has 0 saturated heterocycles. The van der Waals surface area contributed by atoms with Crippen LogP contribution in [0.2, 0.25) is 0 Å². The Morgan fingerprint density at radius 3 is 2.47 bits per heavy atom. The van der Waals surface area contributed by atoms with Crippen molar-refractivity contribution in [3.05, 3.63) is 48.6 Å². The van der Waals surface area contributed by atoms with E-state index in [1.165, 1.54) is 11.1 Å². The molecule has 15 heavy (non-hydrogen) atoms. The Hall–Kier alpha value is -1.37. The predicted octanol–water partition coefficient (Wildman–Crippen LogP) is 4.10. The third-order valence-electron chi connectivity index (χ3n) is 1.81. The van der Waals surface area contributed by atoms with Crippen LogP contribution in [-0.4, -0.2) is 12.8 Å². The van der Waals surface area contributed by atoms with Crippen LogP contribution in [0.4, 0.5) is 0 Å². The van der Waals surface area contributed by atoms with Crippen LogP contribution in [-0.2, 0) is 0 Å². The monoisotopic (exact) mass is 203 g/mol. The number of rotatable bonds is 7. The SMILES string of the molecule is C=CCC/N=C\C/C(C=C)=C/C=C(C)C. The fourth-order valence-corrected chi connectivity index (χ4v) is 0.920. The lowest BCUT2D eigenvalue weighted by Gasteiger charge is -1.94. The molecular formula is C14H21N. The summed E-state index contributed by atoms with van der Waals surface area (Å²) in [6.07, 6.45) is 11.7. The Kier molecular flexibility index (Phi) is 8.36. The smallest absolute Gasteiger partial charge is 0.0419 e. The third kappa shape index (κ3) is 8.95. The topological polar surface area (TPSA) is 12.4 Å². The van der Waals surface area contributed by atoms with Gasteiger partial charge in [-0.25, -0.2) is 0 Å². The molecule has 0 saturated carbocycles. The van der Waals surface area contributed by atoms with E-state index < -0.39 is 0 Å². The van der Waals surface area contributed by atoms with Crippen molar-refractivity contribution >= 4 is 6.21 Å². The van der Waals surface area contributed by atoms with Crippen LogP contribution in [0, 0.1) is 0 Å². The predicted molar refractivity (Wildman–Crippen MR) is 70.5 cm³/mol. The minimum absolute atomic E-state index is 0.830. The largest absolute Gasteiger partial charge is 0.297 e. The van der Waals surface area contributed by atoms with Gasteiger partial charge in [-0.2, -0.15) is 0 Å². The first-order valence-corrected chi connectivity index (χ1v) is 5.26. The van der Waals surface area contributed by atoms with Crippen molar-refractivity contribution < 1.29 is 0 Å². The van der Waals surface area contributed by atoms with Crippen molar-refractivity contribution in [3.63, 3.8) is 0 Å². The Labute approximate surface area is 93.6 Å². The summed E-state index contributed by atoms with van der Waals surface area (Å²) in [4.78, 5) is 4.27. The summed E-state index contributed by atoms with van der Waals surface area (Å²) < 4.78 is 0. The average Bonchev–Trinajstić information content (AvgIpc) is 2.22. The van der Waals surface area contributed by atoms with E-state index in [0.29, 0.717) is 0 Å². The molecule has 0 fully saturated rings. The number of allylic oxidation sites excluding steroid dienone is 5. The Balaban J connectivity index is 4.05. The fraction of sp³-hybridized carbons (Fsp3) is 0.357. The van der Waals surface area contributed by atoms with Crippen LogP contribution < -0.4 is 0 Å². The Bertz CT molecular complexity index is 276.